The lowest BCUT2D eigenvalue weighted by Crippen LogP contribution is -2.49. The number of piperidine rings is 1. The van der Waals surface area contributed by atoms with E-state index in [4.69, 9.17) is 5.11 Å². The van der Waals surface area contributed by atoms with Crippen molar-refractivity contribution in [3.05, 3.63) is 64.2 Å². The molecule has 1 amide bonds. The van der Waals surface area contributed by atoms with E-state index in [1.165, 1.54) is 0 Å². The van der Waals surface area contributed by atoms with Crippen molar-refractivity contribution in [2.45, 2.75) is 37.8 Å². The van der Waals surface area contributed by atoms with Gasteiger partial charge in [0.1, 0.15) is 6.04 Å². The Morgan fingerprint density at radius 2 is 1.91 bits per heavy atom. The molecule has 3 atom stereocenters. The second kappa shape index (κ2) is 9.03. The molecule has 0 radical (unpaired) electrons. The Morgan fingerprint density at radius 3 is 2.69 bits per heavy atom. The molecule has 2 bridgehead atoms. The van der Waals surface area contributed by atoms with E-state index in [0.717, 1.165) is 17.6 Å². The Bertz CT molecular complexity index is 1380. The molecule has 1 saturated heterocycles. The lowest BCUT2D eigenvalue weighted by Gasteiger charge is -2.44. The maximum atomic E-state index is 12.5. The predicted molar refractivity (Wildman–Crippen MR) is 127 cm³/mol. The van der Waals surface area contributed by atoms with Crippen molar-refractivity contribution in [1.29, 1.82) is 0 Å². The molecule has 2 aliphatic heterocycles. The molecular weight excluding hydrogens is 452 g/mol. The van der Waals surface area contributed by atoms with Crippen molar-refractivity contribution in [3.8, 4) is 0 Å². The van der Waals surface area contributed by atoms with Crippen LogP contribution in [-0.2, 0) is 20.9 Å². The van der Waals surface area contributed by atoms with E-state index >= 15 is 0 Å². The number of carboxylic acids is 2. The minimum atomic E-state index is -1.05. The van der Waals surface area contributed by atoms with E-state index in [-0.39, 0.29) is 30.2 Å². The van der Waals surface area contributed by atoms with Crippen LogP contribution in [0.15, 0.2) is 47.4 Å². The average Bonchev–Trinajstić information content (AvgIpc) is 3.21. The highest BCUT2D eigenvalue weighted by molar-refractivity contribution is 5.96. The molecule has 2 aliphatic rings. The summed E-state index contributed by atoms with van der Waals surface area (Å²) in [5, 5.41) is 22.4. The summed E-state index contributed by atoms with van der Waals surface area (Å²) in [6, 6.07) is 9.55. The second-order valence-electron chi connectivity index (χ2n) is 9.34. The van der Waals surface area contributed by atoms with Crippen molar-refractivity contribution >= 4 is 34.4 Å². The number of anilines is 1. The minimum absolute atomic E-state index is 0.0185. The Morgan fingerprint density at radius 1 is 1.09 bits per heavy atom. The van der Waals surface area contributed by atoms with Crippen LogP contribution in [0.4, 0.5) is 5.69 Å². The fourth-order valence-electron chi connectivity index (χ4n) is 5.52. The summed E-state index contributed by atoms with van der Waals surface area (Å²) >= 11 is 0. The number of fused-ring (bicyclic) bond motifs is 5. The Hall–Kier alpha value is -3.92. The number of benzene rings is 1. The summed E-state index contributed by atoms with van der Waals surface area (Å²) in [6.07, 6.45) is 2.21. The molecule has 182 valence electrons. The zero-order valence-electron chi connectivity index (χ0n) is 18.9. The van der Waals surface area contributed by atoms with Crippen LogP contribution >= 0.6 is 0 Å². The summed E-state index contributed by atoms with van der Waals surface area (Å²) in [6.45, 7) is 1.66. The number of amides is 1. The van der Waals surface area contributed by atoms with E-state index in [1.54, 1.807) is 36.5 Å². The molecule has 4 heterocycles. The lowest BCUT2D eigenvalue weighted by atomic mass is 9.82. The number of nitrogens with zero attached hydrogens (tertiary/aromatic N) is 2. The molecule has 3 aromatic rings. The van der Waals surface area contributed by atoms with Crippen LogP contribution in [-0.4, -0.2) is 55.6 Å². The molecule has 0 spiro atoms. The maximum absolute atomic E-state index is 12.5. The number of nitrogens with one attached hydrogen (secondary N) is 2. The van der Waals surface area contributed by atoms with Crippen LogP contribution in [0.3, 0.4) is 0 Å². The summed E-state index contributed by atoms with van der Waals surface area (Å²) in [4.78, 5) is 52.8. The van der Waals surface area contributed by atoms with Gasteiger partial charge in [-0.25, -0.2) is 0 Å². The first kappa shape index (κ1) is 22.9. The van der Waals surface area contributed by atoms with Crippen LogP contribution in [0.2, 0.25) is 0 Å². The molecule has 2 aromatic heterocycles. The minimum Gasteiger partial charge on any atom is -0.481 e. The van der Waals surface area contributed by atoms with Crippen molar-refractivity contribution in [2.75, 3.05) is 18.4 Å². The zero-order chi connectivity index (χ0) is 24.7. The number of H-pyrrole nitrogens is 1. The van der Waals surface area contributed by atoms with Gasteiger partial charge in [-0.15, -0.1) is 0 Å². The SMILES string of the molecule is O=C(O)CCC(=O)Nc1ccc2[nH]cc(C(C(=O)O)N3C[C@@H]4C[C@@H](C3)c3cccc(=O)n3C4)c2c1. The molecule has 10 nitrogen and oxygen atoms in total. The summed E-state index contributed by atoms with van der Waals surface area (Å²) in [5.74, 6) is -2.18. The molecule has 0 saturated carbocycles. The fraction of sp³-hybridized carbons (Fsp3) is 0.360. The number of hydrogen-bond acceptors (Lipinski definition) is 5. The van der Waals surface area contributed by atoms with Gasteiger partial charge in [-0.2, -0.15) is 0 Å². The van der Waals surface area contributed by atoms with Gasteiger partial charge in [0.15, 0.2) is 0 Å². The van der Waals surface area contributed by atoms with Gasteiger partial charge in [-0.1, -0.05) is 6.07 Å². The first-order valence-electron chi connectivity index (χ1n) is 11.6. The van der Waals surface area contributed by atoms with Crippen molar-refractivity contribution in [1.82, 2.24) is 14.5 Å². The number of likely N-dealkylation sites (tertiary alicyclic amines) is 1. The highest BCUT2D eigenvalue weighted by Crippen LogP contribution is 2.40. The van der Waals surface area contributed by atoms with E-state index in [1.807, 2.05) is 15.5 Å². The maximum Gasteiger partial charge on any atom is 0.325 e. The third-order valence-electron chi connectivity index (χ3n) is 6.97. The van der Waals surface area contributed by atoms with Crippen LogP contribution in [0.25, 0.3) is 10.9 Å². The standard InChI is InChI=1S/C25H26N4O6/c30-21(6-7-23(32)33)27-16-4-5-19-17(9-16)18(10-26-19)24(25(34)35)28-11-14-8-15(13-28)20-2-1-3-22(31)29(20)12-14/h1-5,9-10,14-15,24,26H,6-8,11-13H2,(H,27,30)(H,32,33)(H,34,35)/t14-,15-,24?/m0/s1. The van der Waals surface area contributed by atoms with Gasteiger partial charge < -0.3 is 25.1 Å². The monoisotopic (exact) mass is 478 g/mol. The van der Waals surface area contributed by atoms with Crippen LogP contribution in [0.5, 0.6) is 0 Å². The van der Waals surface area contributed by atoms with Crippen molar-refractivity contribution in [3.63, 3.8) is 0 Å². The molecular formula is C25H26N4O6. The topological polar surface area (TPSA) is 145 Å². The number of rotatable bonds is 7. The summed E-state index contributed by atoms with van der Waals surface area (Å²) in [5.41, 5.74) is 2.74. The number of aliphatic carboxylic acids is 2. The number of aromatic nitrogens is 2. The zero-order valence-corrected chi connectivity index (χ0v) is 18.9. The molecule has 35 heavy (non-hydrogen) atoms. The van der Waals surface area contributed by atoms with Gasteiger partial charge >= 0.3 is 11.9 Å². The normalized spacial score (nSPS) is 20.2. The van der Waals surface area contributed by atoms with Crippen LogP contribution in [0, 0.1) is 5.92 Å². The van der Waals surface area contributed by atoms with Crippen molar-refractivity contribution < 1.29 is 24.6 Å². The van der Waals surface area contributed by atoms with E-state index in [9.17, 15) is 24.3 Å². The van der Waals surface area contributed by atoms with Crippen molar-refractivity contribution in [2.24, 2.45) is 5.92 Å². The van der Waals surface area contributed by atoms with Gasteiger partial charge in [0.25, 0.3) is 5.56 Å². The highest BCUT2D eigenvalue weighted by atomic mass is 16.4. The van der Waals surface area contributed by atoms with Gasteiger partial charge in [0.2, 0.25) is 5.91 Å². The molecule has 4 N–H and O–H groups in total. The van der Waals surface area contributed by atoms with Crippen LogP contribution < -0.4 is 10.9 Å². The number of carboxylic acid groups (broad SMARTS) is 2. The lowest BCUT2D eigenvalue weighted by molar-refractivity contribution is -0.145. The van der Waals surface area contributed by atoms with Crippen LogP contribution in [0.1, 0.15) is 42.5 Å². The molecule has 0 aliphatic carbocycles. The number of carbonyl (C=O) groups is 3. The van der Waals surface area contributed by atoms with E-state index in [2.05, 4.69) is 10.3 Å². The predicted octanol–water partition coefficient (Wildman–Crippen LogP) is 2.38. The first-order valence-corrected chi connectivity index (χ1v) is 11.6. The smallest absolute Gasteiger partial charge is 0.325 e. The molecule has 1 aromatic carbocycles. The van der Waals surface area contributed by atoms with Gasteiger partial charge in [0.05, 0.1) is 6.42 Å². The van der Waals surface area contributed by atoms with Gasteiger partial charge in [0, 0.05) is 72.1 Å². The number of hydrogen-bond donors (Lipinski definition) is 4. The Labute approximate surface area is 200 Å². The molecule has 10 heteroatoms. The second-order valence-corrected chi connectivity index (χ2v) is 9.34. The van der Waals surface area contributed by atoms with E-state index < -0.39 is 23.9 Å². The third kappa shape index (κ3) is 4.44. The summed E-state index contributed by atoms with van der Waals surface area (Å²) < 4.78 is 1.82. The largest absolute Gasteiger partial charge is 0.481 e. The Balaban J connectivity index is 1.43. The third-order valence-corrected chi connectivity index (χ3v) is 6.97. The quantitative estimate of drug-likeness (QED) is 0.408. The fourth-order valence-corrected chi connectivity index (χ4v) is 5.52. The molecule has 1 unspecified atom stereocenters. The Kier molecular flexibility index (Phi) is 5.89. The number of aromatic amines is 1. The molecule has 5 rings (SSSR count). The van der Waals surface area contributed by atoms with Gasteiger partial charge in [-0.3, -0.25) is 24.1 Å². The average molecular weight is 479 g/mol. The number of pyridine rings is 1. The van der Waals surface area contributed by atoms with Gasteiger partial charge in [-0.05, 0) is 36.6 Å². The molecule has 1 fully saturated rings. The van der Waals surface area contributed by atoms with E-state index in [0.29, 0.717) is 36.3 Å². The first-order chi connectivity index (χ1) is 16.8. The summed E-state index contributed by atoms with van der Waals surface area (Å²) in [7, 11) is 0. The number of carbonyl (C=O) groups excluding carboxylic acids is 1. The highest BCUT2D eigenvalue weighted by Gasteiger charge is 2.40.